The van der Waals surface area contributed by atoms with Gasteiger partial charge in [-0.05, 0) is 61.5 Å². The summed E-state index contributed by atoms with van der Waals surface area (Å²) in [7, 11) is 0. The Hall–Kier alpha value is -1.65. The van der Waals surface area contributed by atoms with Crippen LogP contribution in [0.15, 0.2) is 6.20 Å². The average molecular weight is 261 g/mol. The van der Waals surface area contributed by atoms with Crippen LogP contribution in [0.5, 0.6) is 0 Å². The fourth-order valence-electron chi connectivity index (χ4n) is 3.55. The van der Waals surface area contributed by atoms with Gasteiger partial charge in [0.15, 0.2) is 0 Å². The van der Waals surface area contributed by atoms with Crippen molar-refractivity contribution in [1.82, 2.24) is 10.2 Å². The Morgan fingerprint density at radius 3 is 2.89 bits per heavy atom. The molecule has 0 bridgehead atoms. The van der Waals surface area contributed by atoms with Gasteiger partial charge in [-0.25, -0.2) is 4.79 Å². The lowest BCUT2D eigenvalue weighted by Crippen LogP contribution is -2.15. The Balaban J connectivity index is 1.67. The predicted octanol–water partition coefficient (Wildman–Crippen LogP) is 1.62. The number of nitrogens with zero attached hydrogens (tertiary/aromatic N) is 2. The number of carbonyl (C=O) groups is 1. The van der Waals surface area contributed by atoms with Crippen LogP contribution >= 0.6 is 0 Å². The number of rotatable bonds is 2. The molecule has 1 heterocycles. The van der Waals surface area contributed by atoms with E-state index in [2.05, 4.69) is 10.2 Å². The smallest absolute Gasteiger partial charge is 0.404 e. The van der Waals surface area contributed by atoms with Crippen LogP contribution in [0.4, 0.5) is 4.79 Å². The zero-order chi connectivity index (χ0) is 13.4. The first kappa shape index (κ1) is 12.4. The van der Waals surface area contributed by atoms with E-state index in [1.54, 1.807) is 0 Å². The Morgan fingerprint density at radius 2 is 2.16 bits per heavy atom. The van der Waals surface area contributed by atoms with E-state index in [4.69, 9.17) is 10.5 Å². The lowest BCUT2D eigenvalue weighted by atomic mass is 9.94. The molecule has 1 aromatic heterocycles. The van der Waals surface area contributed by atoms with Gasteiger partial charge in [0.2, 0.25) is 0 Å². The average Bonchev–Trinajstić information content (AvgIpc) is 3.00. The summed E-state index contributed by atoms with van der Waals surface area (Å²) in [6, 6.07) is 0. The Bertz CT molecular complexity index is 503. The molecule has 2 N–H and O–H groups in total. The highest BCUT2D eigenvalue weighted by Crippen LogP contribution is 2.53. The fraction of sp³-hybridized carbons (Fsp3) is 0.643. The van der Waals surface area contributed by atoms with E-state index < -0.39 is 6.09 Å². The second-order valence-electron chi connectivity index (χ2n) is 5.63. The van der Waals surface area contributed by atoms with Gasteiger partial charge in [0.25, 0.3) is 0 Å². The first-order chi connectivity index (χ1) is 9.16. The van der Waals surface area contributed by atoms with E-state index in [-0.39, 0.29) is 0 Å². The van der Waals surface area contributed by atoms with E-state index >= 15 is 0 Å². The van der Waals surface area contributed by atoms with Gasteiger partial charge in [-0.15, -0.1) is 0 Å². The monoisotopic (exact) mass is 261 g/mol. The van der Waals surface area contributed by atoms with Crippen LogP contribution in [-0.4, -0.2) is 22.9 Å². The van der Waals surface area contributed by atoms with E-state index in [1.807, 2.05) is 13.1 Å². The third kappa shape index (κ3) is 2.41. The molecule has 1 fully saturated rings. The number of primary amides is 1. The standard InChI is InChI=1S/C14H19N3O2/c1-8-10-4-5-12-11(13(12)7-19-14(15)18)3-2-9(10)6-16-17-8/h6,11-13H,2-5,7H2,1H3,(H2,15,18)/t11-,12?,13?/m0/s1. The van der Waals surface area contributed by atoms with Crippen LogP contribution in [0, 0.1) is 24.7 Å². The molecule has 19 heavy (non-hydrogen) atoms. The summed E-state index contributed by atoms with van der Waals surface area (Å²) in [6.07, 6.45) is 5.66. The molecule has 2 aliphatic rings. The number of aromatic nitrogens is 2. The van der Waals surface area contributed by atoms with E-state index in [0.717, 1.165) is 31.4 Å². The zero-order valence-electron chi connectivity index (χ0n) is 11.1. The molecule has 0 spiro atoms. The van der Waals surface area contributed by atoms with Gasteiger partial charge < -0.3 is 10.5 Å². The Labute approximate surface area is 112 Å². The topological polar surface area (TPSA) is 78.1 Å². The lowest BCUT2D eigenvalue weighted by Gasteiger charge is -2.13. The number of amides is 1. The van der Waals surface area contributed by atoms with Crippen molar-refractivity contribution in [3.63, 3.8) is 0 Å². The van der Waals surface area contributed by atoms with Crippen molar-refractivity contribution in [2.24, 2.45) is 23.5 Å². The van der Waals surface area contributed by atoms with Crippen molar-refractivity contribution in [2.45, 2.75) is 32.6 Å². The van der Waals surface area contributed by atoms with Gasteiger partial charge in [-0.3, -0.25) is 0 Å². The summed E-state index contributed by atoms with van der Waals surface area (Å²) < 4.78 is 4.95. The molecule has 1 amide bonds. The zero-order valence-corrected chi connectivity index (χ0v) is 11.1. The number of nitrogens with two attached hydrogens (primary N) is 1. The first-order valence-electron chi connectivity index (χ1n) is 6.89. The highest BCUT2D eigenvalue weighted by atomic mass is 16.5. The van der Waals surface area contributed by atoms with Crippen molar-refractivity contribution in [3.8, 4) is 0 Å². The quantitative estimate of drug-likeness (QED) is 0.877. The van der Waals surface area contributed by atoms with Gasteiger partial charge in [0, 0.05) is 0 Å². The van der Waals surface area contributed by atoms with Gasteiger partial charge in [-0.1, -0.05) is 0 Å². The number of ether oxygens (including phenoxy) is 1. The molecule has 5 nitrogen and oxygen atoms in total. The first-order valence-corrected chi connectivity index (χ1v) is 6.89. The minimum absolute atomic E-state index is 0.483. The van der Waals surface area contributed by atoms with Crippen LogP contribution in [-0.2, 0) is 17.6 Å². The van der Waals surface area contributed by atoms with Crippen molar-refractivity contribution in [2.75, 3.05) is 6.61 Å². The van der Waals surface area contributed by atoms with E-state index in [0.29, 0.717) is 24.4 Å². The van der Waals surface area contributed by atoms with Crippen molar-refractivity contribution >= 4 is 6.09 Å². The third-order valence-electron chi connectivity index (χ3n) is 4.65. The van der Waals surface area contributed by atoms with Gasteiger partial charge in [-0.2, -0.15) is 10.2 Å². The maximum absolute atomic E-state index is 10.7. The molecular formula is C14H19N3O2. The molecule has 0 radical (unpaired) electrons. The van der Waals surface area contributed by atoms with Crippen LogP contribution in [0.3, 0.4) is 0 Å². The molecule has 2 unspecified atom stereocenters. The minimum atomic E-state index is -0.660. The van der Waals surface area contributed by atoms with Crippen LogP contribution in [0.25, 0.3) is 0 Å². The summed E-state index contributed by atoms with van der Waals surface area (Å²) in [6.45, 7) is 2.52. The highest BCUT2D eigenvalue weighted by Gasteiger charge is 2.49. The van der Waals surface area contributed by atoms with E-state index in [9.17, 15) is 4.79 Å². The molecule has 5 heteroatoms. The van der Waals surface area contributed by atoms with Crippen molar-refractivity contribution in [3.05, 3.63) is 23.0 Å². The maximum atomic E-state index is 10.7. The molecule has 0 aromatic carbocycles. The van der Waals surface area contributed by atoms with Crippen LogP contribution in [0.1, 0.15) is 29.7 Å². The molecular weight excluding hydrogens is 242 g/mol. The molecule has 102 valence electrons. The van der Waals surface area contributed by atoms with E-state index in [1.165, 1.54) is 11.1 Å². The number of hydrogen-bond donors (Lipinski definition) is 1. The summed E-state index contributed by atoms with van der Waals surface area (Å²) in [5.41, 5.74) is 8.80. The normalized spacial score (nSPS) is 28.6. The molecule has 3 rings (SSSR count). The van der Waals surface area contributed by atoms with Gasteiger partial charge in [0.05, 0.1) is 18.5 Å². The number of carbonyl (C=O) groups excluding carboxylic acids is 1. The van der Waals surface area contributed by atoms with Gasteiger partial charge >= 0.3 is 6.09 Å². The Morgan fingerprint density at radius 1 is 1.42 bits per heavy atom. The number of fused-ring (bicyclic) bond motifs is 2. The maximum Gasteiger partial charge on any atom is 0.404 e. The number of aryl methyl sites for hydroxylation is 2. The molecule has 2 aliphatic carbocycles. The van der Waals surface area contributed by atoms with Crippen LogP contribution < -0.4 is 5.73 Å². The SMILES string of the molecule is Cc1nncc2c1CCC1C(COC(N)=O)[C@H]1CC2. The highest BCUT2D eigenvalue weighted by molar-refractivity contribution is 5.64. The summed E-state index contributed by atoms with van der Waals surface area (Å²) in [5, 5.41) is 8.20. The molecule has 1 saturated carbocycles. The summed E-state index contributed by atoms with van der Waals surface area (Å²) in [4.78, 5) is 10.7. The molecule has 0 saturated heterocycles. The lowest BCUT2D eigenvalue weighted by molar-refractivity contribution is 0.147. The van der Waals surface area contributed by atoms with Crippen molar-refractivity contribution < 1.29 is 9.53 Å². The number of hydrogen-bond acceptors (Lipinski definition) is 4. The predicted molar refractivity (Wildman–Crippen MR) is 69.4 cm³/mol. The fourth-order valence-corrected chi connectivity index (χ4v) is 3.55. The summed E-state index contributed by atoms with van der Waals surface area (Å²) >= 11 is 0. The van der Waals surface area contributed by atoms with Gasteiger partial charge in [0.1, 0.15) is 0 Å². The Kier molecular flexibility index (Phi) is 3.12. The second-order valence-corrected chi connectivity index (χ2v) is 5.63. The molecule has 3 atom stereocenters. The third-order valence-corrected chi connectivity index (χ3v) is 4.65. The van der Waals surface area contributed by atoms with Crippen LogP contribution in [0.2, 0.25) is 0 Å². The second kappa shape index (κ2) is 4.79. The molecule has 1 aromatic rings. The summed E-state index contributed by atoms with van der Waals surface area (Å²) in [5.74, 6) is 1.86. The largest absolute Gasteiger partial charge is 0.449 e. The van der Waals surface area contributed by atoms with Crippen molar-refractivity contribution in [1.29, 1.82) is 0 Å². The minimum Gasteiger partial charge on any atom is -0.449 e. The molecule has 0 aliphatic heterocycles.